The molecule has 0 amide bonds. The van der Waals surface area contributed by atoms with Crippen molar-refractivity contribution in [2.24, 2.45) is 5.92 Å². The van der Waals surface area contributed by atoms with Crippen LogP contribution in [-0.2, 0) is 5.54 Å². The zero-order valence-electron chi connectivity index (χ0n) is 12.5. The maximum atomic E-state index is 9.87. The number of nitrogens with zero attached hydrogens (tertiary/aromatic N) is 2. The van der Waals surface area contributed by atoms with E-state index in [2.05, 4.69) is 58.1 Å². The second kappa shape index (κ2) is 5.63. The molecule has 3 heteroatoms. The lowest BCUT2D eigenvalue weighted by atomic mass is 9.85. The molecule has 21 heavy (non-hydrogen) atoms. The molecule has 108 valence electrons. The van der Waals surface area contributed by atoms with E-state index in [1.165, 1.54) is 12.0 Å². The maximum Gasteiger partial charge on any atom is 0.135 e. The quantitative estimate of drug-likeness (QED) is 0.826. The standard InChI is InChI=1S/C18H20N2S/c1-20(2)18(13-19,16-8-9-21-12-16)11-15-10-17(15)14-6-4-3-5-7-14/h3-9,12,15,17H,10-11H2,1-2H3/t15-,17-,18?/m0/s1. The Morgan fingerprint density at radius 1 is 1.29 bits per heavy atom. The van der Waals surface area contributed by atoms with Gasteiger partial charge in [0.2, 0.25) is 0 Å². The highest BCUT2D eigenvalue weighted by Crippen LogP contribution is 2.53. The van der Waals surface area contributed by atoms with Crippen LogP contribution in [0.4, 0.5) is 0 Å². The first-order chi connectivity index (χ1) is 10.2. The molecule has 2 aromatic rings. The normalized spacial score (nSPS) is 23.5. The van der Waals surface area contributed by atoms with Gasteiger partial charge in [0.1, 0.15) is 5.54 Å². The van der Waals surface area contributed by atoms with Crippen molar-refractivity contribution in [3.63, 3.8) is 0 Å². The fraction of sp³-hybridized carbons (Fsp3) is 0.389. The van der Waals surface area contributed by atoms with Gasteiger partial charge in [-0.15, -0.1) is 0 Å². The van der Waals surface area contributed by atoms with Gasteiger partial charge in [-0.1, -0.05) is 30.3 Å². The van der Waals surface area contributed by atoms with Gasteiger partial charge < -0.3 is 0 Å². The highest BCUT2D eigenvalue weighted by molar-refractivity contribution is 7.08. The van der Waals surface area contributed by atoms with Gasteiger partial charge in [0, 0.05) is 0 Å². The molecule has 1 aromatic heterocycles. The summed E-state index contributed by atoms with van der Waals surface area (Å²) in [6.45, 7) is 0. The molecule has 1 heterocycles. The molecule has 0 N–H and O–H groups in total. The molecule has 1 unspecified atom stereocenters. The van der Waals surface area contributed by atoms with Crippen LogP contribution in [0.5, 0.6) is 0 Å². The first-order valence-corrected chi connectivity index (χ1v) is 8.28. The molecule has 1 fully saturated rings. The van der Waals surface area contributed by atoms with Gasteiger partial charge in [0.25, 0.3) is 0 Å². The van der Waals surface area contributed by atoms with Crippen molar-refractivity contribution >= 4 is 11.3 Å². The zero-order valence-corrected chi connectivity index (χ0v) is 13.3. The number of rotatable bonds is 5. The van der Waals surface area contributed by atoms with E-state index >= 15 is 0 Å². The minimum absolute atomic E-state index is 0.492. The summed E-state index contributed by atoms with van der Waals surface area (Å²) in [6.07, 6.45) is 2.11. The maximum absolute atomic E-state index is 9.87. The number of benzene rings is 1. The zero-order chi connectivity index (χ0) is 14.9. The van der Waals surface area contributed by atoms with Gasteiger partial charge in [0.05, 0.1) is 6.07 Å². The lowest BCUT2D eigenvalue weighted by molar-refractivity contribution is 0.194. The summed E-state index contributed by atoms with van der Waals surface area (Å²) in [5, 5.41) is 14.0. The molecular formula is C18H20N2S. The lowest BCUT2D eigenvalue weighted by Gasteiger charge is -2.33. The van der Waals surface area contributed by atoms with Gasteiger partial charge >= 0.3 is 0 Å². The van der Waals surface area contributed by atoms with Crippen molar-refractivity contribution in [1.29, 1.82) is 5.26 Å². The Kier molecular flexibility index (Phi) is 3.84. The van der Waals surface area contributed by atoms with Gasteiger partial charge in [-0.2, -0.15) is 16.6 Å². The Labute approximate surface area is 130 Å². The van der Waals surface area contributed by atoms with Crippen molar-refractivity contribution in [3.05, 3.63) is 58.3 Å². The summed E-state index contributed by atoms with van der Waals surface area (Å²) in [5.41, 5.74) is 2.06. The van der Waals surface area contributed by atoms with Gasteiger partial charge in [-0.3, -0.25) is 4.90 Å². The molecule has 1 aliphatic carbocycles. The first kappa shape index (κ1) is 14.3. The predicted molar refractivity (Wildman–Crippen MR) is 87.2 cm³/mol. The van der Waals surface area contributed by atoms with Crippen LogP contribution < -0.4 is 0 Å². The molecule has 0 saturated heterocycles. The third-order valence-electron chi connectivity index (χ3n) is 4.66. The van der Waals surface area contributed by atoms with E-state index in [9.17, 15) is 5.26 Å². The van der Waals surface area contributed by atoms with Crippen molar-refractivity contribution in [2.75, 3.05) is 14.1 Å². The Morgan fingerprint density at radius 2 is 2.05 bits per heavy atom. The first-order valence-electron chi connectivity index (χ1n) is 7.33. The second-order valence-electron chi connectivity index (χ2n) is 6.10. The van der Waals surface area contributed by atoms with E-state index in [0.717, 1.165) is 12.0 Å². The predicted octanol–water partition coefficient (Wildman–Crippen LogP) is 4.22. The van der Waals surface area contributed by atoms with Crippen molar-refractivity contribution < 1.29 is 0 Å². The van der Waals surface area contributed by atoms with Gasteiger partial charge in [-0.05, 0) is 66.7 Å². The number of thiophene rings is 1. The number of hydrogen-bond donors (Lipinski definition) is 0. The Morgan fingerprint density at radius 3 is 2.62 bits per heavy atom. The smallest absolute Gasteiger partial charge is 0.135 e. The Hall–Kier alpha value is -1.63. The van der Waals surface area contributed by atoms with Gasteiger partial charge in [-0.25, -0.2) is 0 Å². The molecule has 1 aromatic carbocycles. The van der Waals surface area contributed by atoms with Crippen LogP contribution >= 0.6 is 11.3 Å². The molecule has 2 nitrogen and oxygen atoms in total. The molecule has 3 atom stereocenters. The molecule has 1 aliphatic rings. The van der Waals surface area contributed by atoms with E-state index in [1.807, 2.05) is 14.1 Å². The SMILES string of the molecule is CN(C)C(C#N)(C[C@@H]1C[C@H]1c1ccccc1)c1ccsc1. The van der Waals surface area contributed by atoms with Crippen LogP contribution in [0, 0.1) is 17.2 Å². The van der Waals surface area contributed by atoms with Gasteiger partial charge in [0.15, 0.2) is 0 Å². The van der Waals surface area contributed by atoms with Crippen LogP contribution in [0.1, 0.15) is 29.9 Å². The van der Waals surface area contributed by atoms with E-state index in [-0.39, 0.29) is 0 Å². The summed E-state index contributed by atoms with van der Waals surface area (Å²) >= 11 is 1.67. The molecule has 3 rings (SSSR count). The van der Waals surface area contributed by atoms with Crippen molar-refractivity contribution in [3.8, 4) is 6.07 Å². The molecular weight excluding hydrogens is 276 g/mol. The summed E-state index contributed by atoms with van der Waals surface area (Å²) in [5.74, 6) is 1.23. The Balaban J connectivity index is 1.81. The summed E-state index contributed by atoms with van der Waals surface area (Å²) < 4.78 is 0. The molecule has 0 aliphatic heterocycles. The van der Waals surface area contributed by atoms with Crippen LogP contribution in [-0.4, -0.2) is 19.0 Å². The largest absolute Gasteiger partial charge is 0.288 e. The van der Waals surface area contributed by atoms with E-state index < -0.39 is 5.54 Å². The molecule has 0 radical (unpaired) electrons. The minimum atomic E-state index is -0.492. The van der Waals surface area contributed by atoms with Crippen molar-refractivity contribution in [1.82, 2.24) is 4.90 Å². The summed E-state index contributed by atoms with van der Waals surface area (Å²) in [6, 6.07) is 15.4. The van der Waals surface area contributed by atoms with E-state index in [4.69, 9.17) is 0 Å². The van der Waals surface area contributed by atoms with Crippen LogP contribution in [0.3, 0.4) is 0 Å². The second-order valence-corrected chi connectivity index (χ2v) is 6.88. The van der Waals surface area contributed by atoms with Crippen LogP contribution in [0.15, 0.2) is 47.2 Å². The Bertz CT molecular complexity index is 627. The average Bonchev–Trinajstić information content (AvgIpc) is 3.04. The highest BCUT2D eigenvalue weighted by Gasteiger charge is 2.46. The summed E-state index contributed by atoms with van der Waals surface area (Å²) in [7, 11) is 4.03. The monoisotopic (exact) mass is 296 g/mol. The third-order valence-corrected chi connectivity index (χ3v) is 5.34. The van der Waals surface area contributed by atoms with Crippen LogP contribution in [0.25, 0.3) is 0 Å². The third kappa shape index (κ3) is 2.62. The fourth-order valence-electron chi connectivity index (χ4n) is 3.23. The molecule has 0 bridgehead atoms. The summed E-state index contributed by atoms with van der Waals surface area (Å²) in [4.78, 5) is 2.08. The minimum Gasteiger partial charge on any atom is -0.288 e. The number of nitriles is 1. The molecule has 0 spiro atoms. The molecule has 1 saturated carbocycles. The van der Waals surface area contributed by atoms with E-state index in [0.29, 0.717) is 11.8 Å². The highest BCUT2D eigenvalue weighted by atomic mass is 32.1. The topological polar surface area (TPSA) is 27.0 Å². The average molecular weight is 296 g/mol. The number of hydrogen-bond acceptors (Lipinski definition) is 3. The van der Waals surface area contributed by atoms with E-state index in [1.54, 1.807) is 11.3 Å². The lowest BCUT2D eigenvalue weighted by Crippen LogP contribution is -2.40. The fourth-order valence-corrected chi connectivity index (χ4v) is 3.95. The van der Waals surface area contributed by atoms with Crippen LogP contribution in [0.2, 0.25) is 0 Å². The van der Waals surface area contributed by atoms with Crippen molar-refractivity contribution in [2.45, 2.75) is 24.3 Å².